The monoisotopic (exact) mass is 415 g/mol. The second-order valence-electron chi connectivity index (χ2n) is 7.51. The van der Waals surface area contributed by atoms with Crippen molar-refractivity contribution in [2.24, 2.45) is 0 Å². The molecular formula is C19H18F5N3O2. The fourth-order valence-electron chi connectivity index (χ4n) is 3.10. The molecule has 1 atom stereocenters. The van der Waals surface area contributed by atoms with Gasteiger partial charge in [0.05, 0.1) is 18.3 Å². The van der Waals surface area contributed by atoms with Gasteiger partial charge in [-0.3, -0.25) is 4.90 Å². The predicted molar refractivity (Wildman–Crippen MR) is 93.4 cm³/mol. The molecule has 1 aliphatic heterocycles. The predicted octanol–water partition coefficient (Wildman–Crippen LogP) is 4.86. The highest BCUT2D eigenvalue weighted by Gasteiger charge is 2.40. The molecule has 0 saturated carbocycles. The number of hydrogen-bond donors (Lipinski definition) is 0. The minimum Gasteiger partial charge on any atom is -0.441 e. The van der Waals surface area contributed by atoms with Gasteiger partial charge in [-0.2, -0.15) is 13.2 Å². The van der Waals surface area contributed by atoms with Gasteiger partial charge in [0, 0.05) is 6.42 Å². The lowest BCUT2D eigenvalue weighted by Crippen LogP contribution is -2.30. The molecule has 0 unspecified atom stereocenters. The molecule has 10 heteroatoms. The van der Waals surface area contributed by atoms with Crippen LogP contribution < -0.4 is 4.90 Å². The highest BCUT2D eigenvalue weighted by Crippen LogP contribution is 2.33. The first-order chi connectivity index (χ1) is 13.4. The molecule has 1 aliphatic rings. The van der Waals surface area contributed by atoms with Crippen molar-refractivity contribution in [2.45, 2.75) is 44.9 Å². The summed E-state index contributed by atoms with van der Waals surface area (Å²) < 4.78 is 71.6. The summed E-state index contributed by atoms with van der Waals surface area (Å²) in [7, 11) is 0. The van der Waals surface area contributed by atoms with E-state index < -0.39 is 41.0 Å². The van der Waals surface area contributed by atoms with E-state index in [9.17, 15) is 26.7 Å². The van der Waals surface area contributed by atoms with Gasteiger partial charge < -0.3 is 4.74 Å². The van der Waals surface area contributed by atoms with E-state index in [1.54, 1.807) is 20.8 Å². The van der Waals surface area contributed by atoms with Crippen LogP contribution in [0, 0.1) is 11.6 Å². The van der Waals surface area contributed by atoms with Gasteiger partial charge in [-0.05, 0) is 37.5 Å². The molecule has 1 aromatic heterocycles. The summed E-state index contributed by atoms with van der Waals surface area (Å²) in [5.41, 5.74) is -1.85. The van der Waals surface area contributed by atoms with E-state index >= 15 is 0 Å². The number of ether oxygens (including phenoxy) is 1. The maximum Gasteiger partial charge on any atom is 0.416 e. The van der Waals surface area contributed by atoms with Crippen LogP contribution in [0.15, 0.2) is 24.4 Å². The summed E-state index contributed by atoms with van der Waals surface area (Å²) in [4.78, 5) is 21.0. The third-order valence-corrected chi connectivity index (χ3v) is 4.50. The van der Waals surface area contributed by atoms with Gasteiger partial charge in [-0.1, -0.05) is 13.0 Å². The van der Waals surface area contributed by atoms with Crippen molar-refractivity contribution in [3.8, 4) is 0 Å². The maximum atomic E-state index is 14.2. The standard InChI is InChI=1S/C19H18F5N3O2/c1-10(12-5-4-11(7-13(12)20)19(22,23)24)6-15-25-8-14(21)16(26-15)27-9-18(2,3)29-17(27)28/h4-5,7-8,10H,6,9H2,1-3H3/t10-/m1/s1. The van der Waals surface area contributed by atoms with Crippen molar-refractivity contribution in [1.82, 2.24) is 9.97 Å². The Morgan fingerprint density at radius 1 is 1.24 bits per heavy atom. The second kappa shape index (κ2) is 7.23. The molecule has 29 heavy (non-hydrogen) atoms. The molecule has 5 nitrogen and oxygen atoms in total. The van der Waals surface area contributed by atoms with E-state index in [1.807, 2.05) is 0 Å². The molecule has 3 rings (SSSR count). The van der Waals surface area contributed by atoms with E-state index in [2.05, 4.69) is 9.97 Å². The first-order valence-electron chi connectivity index (χ1n) is 8.76. The number of alkyl halides is 3. The van der Waals surface area contributed by atoms with Crippen LogP contribution in [0.3, 0.4) is 0 Å². The highest BCUT2D eigenvalue weighted by atomic mass is 19.4. The number of aromatic nitrogens is 2. The molecule has 2 aromatic rings. The summed E-state index contributed by atoms with van der Waals surface area (Å²) in [6.07, 6.45) is -4.47. The van der Waals surface area contributed by atoms with Gasteiger partial charge in [-0.15, -0.1) is 0 Å². The van der Waals surface area contributed by atoms with E-state index in [1.165, 1.54) is 0 Å². The fourth-order valence-corrected chi connectivity index (χ4v) is 3.10. The molecular weight excluding hydrogens is 397 g/mol. The lowest BCUT2D eigenvalue weighted by Gasteiger charge is -2.17. The normalized spacial score (nSPS) is 17.4. The molecule has 1 aromatic carbocycles. The number of carbonyl (C=O) groups excluding carboxylic acids is 1. The van der Waals surface area contributed by atoms with Gasteiger partial charge in [0.25, 0.3) is 0 Å². The first-order valence-corrected chi connectivity index (χ1v) is 8.76. The van der Waals surface area contributed by atoms with Gasteiger partial charge in [0.15, 0.2) is 11.6 Å². The van der Waals surface area contributed by atoms with E-state index in [0.29, 0.717) is 6.07 Å². The second-order valence-corrected chi connectivity index (χ2v) is 7.51. The lowest BCUT2D eigenvalue weighted by atomic mass is 9.95. The largest absolute Gasteiger partial charge is 0.441 e. The SMILES string of the molecule is C[C@H](Cc1ncc(F)c(N2CC(C)(C)OC2=O)n1)c1ccc(C(F)(F)F)cc1F. The summed E-state index contributed by atoms with van der Waals surface area (Å²) >= 11 is 0. The number of amides is 1. The fraction of sp³-hybridized carbons (Fsp3) is 0.421. The smallest absolute Gasteiger partial charge is 0.416 e. The number of anilines is 1. The summed E-state index contributed by atoms with van der Waals surface area (Å²) in [6, 6.07) is 2.30. The van der Waals surface area contributed by atoms with Crippen LogP contribution in [0.4, 0.5) is 32.6 Å². The zero-order valence-corrected chi connectivity index (χ0v) is 15.8. The van der Waals surface area contributed by atoms with Crippen LogP contribution in [-0.4, -0.2) is 28.2 Å². The lowest BCUT2D eigenvalue weighted by molar-refractivity contribution is -0.137. The third-order valence-electron chi connectivity index (χ3n) is 4.50. The zero-order valence-electron chi connectivity index (χ0n) is 15.8. The number of halogens is 5. The van der Waals surface area contributed by atoms with E-state index in [4.69, 9.17) is 4.74 Å². The van der Waals surface area contributed by atoms with Crippen molar-refractivity contribution in [2.75, 3.05) is 11.4 Å². The third kappa shape index (κ3) is 4.46. The summed E-state index contributed by atoms with van der Waals surface area (Å²) in [5.74, 6) is -2.55. The van der Waals surface area contributed by atoms with Crippen molar-refractivity contribution in [3.05, 3.63) is 53.0 Å². The molecule has 0 spiro atoms. The number of carbonyl (C=O) groups is 1. The van der Waals surface area contributed by atoms with Crippen molar-refractivity contribution in [3.63, 3.8) is 0 Å². The number of nitrogens with zero attached hydrogens (tertiary/aromatic N) is 3. The van der Waals surface area contributed by atoms with Crippen LogP contribution in [0.5, 0.6) is 0 Å². The van der Waals surface area contributed by atoms with Crippen LogP contribution in [0.1, 0.15) is 43.6 Å². The Hall–Kier alpha value is -2.78. The molecule has 2 heterocycles. The minimum absolute atomic E-state index is 0.0296. The molecule has 0 bridgehead atoms. The molecule has 156 valence electrons. The van der Waals surface area contributed by atoms with Gasteiger partial charge in [0.2, 0.25) is 0 Å². The summed E-state index contributed by atoms with van der Waals surface area (Å²) in [6.45, 7) is 5.01. The number of cyclic esters (lactones) is 1. The van der Waals surface area contributed by atoms with Crippen LogP contribution in [0.2, 0.25) is 0 Å². The Bertz CT molecular complexity index is 946. The topological polar surface area (TPSA) is 55.3 Å². The van der Waals surface area contributed by atoms with Crippen LogP contribution >= 0.6 is 0 Å². The van der Waals surface area contributed by atoms with Gasteiger partial charge >= 0.3 is 12.3 Å². The first kappa shape index (κ1) is 20.9. The molecule has 1 fully saturated rings. The quantitative estimate of drug-likeness (QED) is 0.670. The Morgan fingerprint density at radius 2 is 1.93 bits per heavy atom. The number of rotatable bonds is 4. The van der Waals surface area contributed by atoms with Gasteiger partial charge in [0.1, 0.15) is 17.2 Å². The zero-order chi connectivity index (χ0) is 21.6. The Balaban J connectivity index is 1.83. The number of hydrogen-bond acceptors (Lipinski definition) is 4. The molecule has 1 amide bonds. The van der Waals surface area contributed by atoms with E-state index in [-0.39, 0.29) is 30.2 Å². The van der Waals surface area contributed by atoms with Gasteiger partial charge in [-0.25, -0.2) is 23.5 Å². The van der Waals surface area contributed by atoms with E-state index in [0.717, 1.165) is 23.2 Å². The Kier molecular flexibility index (Phi) is 5.22. The average Bonchev–Trinajstić information content (AvgIpc) is 2.88. The maximum absolute atomic E-state index is 14.2. The molecule has 0 radical (unpaired) electrons. The Morgan fingerprint density at radius 3 is 2.48 bits per heavy atom. The number of benzene rings is 1. The molecule has 0 N–H and O–H groups in total. The Labute approximate surface area is 163 Å². The van der Waals surface area contributed by atoms with Crippen LogP contribution in [0.25, 0.3) is 0 Å². The van der Waals surface area contributed by atoms with Crippen molar-refractivity contribution in [1.29, 1.82) is 0 Å². The summed E-state index contributed by atoms with van der Waals surface area (Å²) in [5, 5.41) is 0. The average molecular weight is 415 g/mol. The molecule has 0 aliphatic carbocycles. The van der Waals surface area contributed by atoms with Crippen LogP contribution in [-0.2, 0) is 17.3 Å². The highest BCUT2D eigenvalue weighted by molar-refractivity contribution is 5.89. The van der Waals surface area contributed by atoms with Crippen molar-refractivity contribution >= 4 is 11.9 Å². The molecule has 1 saturated heterocycles. The van der Waals surface area contributed by atoms with Crippen molar-refractivity contribution < 1.29 is 31.5 Å². The minimum atomic E-state index is -4.64.